The van der Waals surface area contributed by atoms with E-state index in [1.165, 1.54) is 0 Å². The van der Waals surface area contributed by atoms with Gasteiger partial charge in [0, 0.05) is 11.4 Å². The molecule has 5 nitrogen and oxygen atoms in total. The van der Waals surface area contributed by atoms with Crippen LogP contribution in [-0.2, 0) is 0 Å². The maximum atomic E-state index is 5.94. The number of anilines is 2. The molecule has 0 bridgehead atoms. The van der Waals surface area contributed by atoms with Gasteiger partial charge in [-0.05, 0) is 72.8 Å². The SMILES string of the molecule is SC(=Nc1ccccc1)Nc1ccc(Oc2ccc(NC(S)=Nc3ccccc3)cc2)cc1. The summed E-state index contributed by atoms with van der Waals surface area (Å²) in [7, 11) is 0. The summed E-state index contributed by atoms with van der Waals surface area (Å²) in [4.78, 5) is 8.83. The Bertz CT molecular complexity index is 1130. The van der Waals surface area contributed by atoms with Crippen LogP contribution < -0.4 is 15.4 Å². The molecule has 0 aliphatic carbocycles. The van der Waals surface area contributed by atoms with Crippen LogP contribution in [0.1, 0.15) is 0 Å². The Kier molecular flexibility index (Phi) is 7.68. The zero-order chi connectivity index (χ0) is 22.9. The Hall–Kier alpha value is -3.68. The standard InChI is InChI=1S/C26H22N4OS2/c32-25(27-19-7-3-1-4-8-19)29-21-11-15-23(16-12-21)31-24-17-13-22(14-18-24)30-26(33)28-20-9-5-2-6-10-20/h1-18H,(H2,27,29,32)(H2,28,30,33). The van der Waals surface area contributed by atoms with Crippen molar-refractivity contribution in [2.24, 2.45) is 9.98 Å². The number of hydrogen-bond donors (Lipinski definition) is 4. The lowest BCUT2D eigenvalue weighted by molar-refractivity contribution is 0.483. The minimum Gasteiger partial charge on any atom is -0.457 e. The van der Waals surface area contributed by atoms with Gasteiger partial charge < -0.3 is 15.4 Å². The van der Waals surface area contributed by atoms with Crippen LogP contribution in [-0.4, -0.2) is 10.3 Å². The van der Waals surface area contributed by atoms with Crippen molar-refractivity contribution in [3.63, 3.8) is 0 Å². The van der Waals surface area contributed by atoms with Crippen LogP contribution >= 0.6 is 25.3 Å². The quantitative estimate of drug-likeness (QED) is 0.134. The van der Waals surface area contributed by atoms with Gasteiger partial charge >= 0.3 is 0 Å². The van der Waals surface area contributed by atoms with E-state index in [1.807, 2.05) is 109 Å². The minimum atomic E-state index is 0.511. The van der Waals surface area contributed by atoms with Gasteiger partial charge in [-0.25, -0.2) is 9.98 Å². The topological polar surface area (TPSA) is 58.0 Å². The Morgan fingerprint density at radius 1 is 0.515 bits per heavy atom. The molecule has 0 aromatic heterocycles. The summed E-state index contributed by atoms with van der Waals surface area (Å²) in [5.74, 6) is 1.45. The molecule has 0 saturated heterocycles. The van der Waals surface area contributed by atoms with Crippen LogP contribution in [0.3, 0.4) is 0 Å². The minimum absolute atomic E-state index is 0.511. The first kappa shape index (κ1) is 22.5. The van der Waals surface area contributed by atoms with Crippen LogP contribution in [0.2, 0.25) is 0 Å². The summed E-state index contributed by atoms with van der Waals surface area (Å²) in [6.07, 6.45) is 0. The van der Waals surface area contributed by atoms with Gasteiger partial charge in [-0.1, -0.05) is 36.4 Å². The van der Waals surface area contributed by atoms with E-state index in [9.17, 15) is 0 Å². The number of thiol groups is 2. The number of nitrogens with one attached hydrogen (secondary N) is 2. The van der Waals surface area contributed by atoms with Crippen LogP contribution in [0.15, 0.2) is 119 Å². The first-order valence-electron chi connectivity index (χ1n) is 10.2. The molecule has 4 aromatic rings. The number of amidine groups is 2. The fourth-order valence-electron chi connectivity index (χ4n) is 2.91. The third-order valence-corrected chi connectivity index (χ3v) is 4.86. The second kappa shape index (κ2) is 11.3. The third-order valence-electron chi connectivity index (χ3n) is 4.44. The fourth-order valence-corrected chi connectivity index (χ4v) is 3.40. The highest BCUT2D eigenvalue weighted by Gasteiger charge is 2.02. The number of para-hydroxylation sites is 2. The summed E-state index contributed by atoms with van der Waals surface area (Å²) in [6, 6.07) is 34.5. The van der Waals surface area contributed by atoms with Crippen LogP contribution in [0.25, 0.3) is 0 Å². The highest BCUT2D eigenvalue weighted by Crippen LogP contribution is 2.25. The lowest BCUT2D eigenvalue weighted by Gasteiger charge is -2.10. The van der Waals surface area contributed by atoms with Crippen molar-refractivity contribution in [1.29, 1.82) is 0 Å². The van der Waals surface area contributed by atoms with Crippen LogP contribution in [0.5, 0.6) is 11.5 Å². The molecule has 0 aliphatic heterocycles. The summed E-state index contributed by atoms with van der Waals surface area (Å²) >= 11 is 8.82. The van der Waals surface area contributed by atoms with Gasteiger partial charge in [-0.2, -0.15) is 0 Å². The summed E-state index contributed by atoms with van der Waals surface area (Å²) < 4.78 is 5.94. The predicted octanol–water partition coefficient (Wildman–Crippen LogP) is 7.54. The van der Waals surface area contributed by atoms with Crippen LogP contribution in [0, 0.1) is 0 Å². The highest BCUT2D eigenvalue weighted by atomic mass is 32.1. The van der Waals surface area contributed by atoms with E-state index < -0.39 is 0 Å². The van der Waals surface area contributed by atoms with Gasteiger partial charge in [0.25, 0.3) is 0 Å². The maximum Gasteiger partial charge on any atom is 0.163 e. The number of hydrogen-bond acceptors (Lipinski definition) is 3. The number of nitrogens with zero attached hydrogens (tertiary/aromatic N) is 2. The molecule has 33 heavy (non-hydrogen) atoms. The molecule has 4 aromatic carbocycles. The molecular formula is C26H22N4OS2. The lowest BCUT2D eigenvalue weighted by Crippen LogP contribution is -2.04. The highest BCUT2D eigenvalue weighted by molar-refractivity contribution is 7.97. The first-order valence-corrected chi connectivity index (χ1v) is 11.1. The Labute approximate surface area is 204 Å². The van der Waals surface area contributed by atoms with E-state index in [2.05, 4.69) is 45.9 Å². The van der Waals surface area contributed by atoms with Gasteiger partial charge in [0.2, 0.25) is 0 Å². The molecule has 0 unspecified atom stereocenters. The third kappa shape index (κ3) is 7.17. The first-order chi connectivity index (χ1) is 16.1. The second-order valence-electron chi connectivity index (χ2n) is 6.94. The molecule has 4 rings (SSSR count). The van der Waals surface area contributed by atoms with Crippen molar-refractivity contribution in [2.75, 3.05) is 10.6 Å². The largest absolute Gasteiger partial charge is 0.457 e. The number of benzene rings is 4. The van der Waals surface area contributed by atoms with Gasteiger partial charge in [0.05, 0.1) is 11.4 Å². The van der Waals surface area contributed by atoms with E-state index in [1.54, 1.807) is 0 Å². The Morgan fingerprint density at radius 3 is 1.24 bits per heavy atom. The van der Waals surface area contributed by atoms with Crippen molar-refractivity contribution in [3.05, 3.63) is 109 Å². The van der Waals surface area contributed by atoms with E-state index >= 15 is 0 Å². The zero-order valence-electron chi connectivity index (χ0n) is 17.6. The molecule has 0 atom stereocenters. The molecule has 0 fully saturated rings. The summed E-state index contributed by atoms with van der Waals surface area (Å²) in [6.45, 7) is 0. The Morgan fingerprint density at radius 2 is 0.879 bits per heavy atom. The molecule has 0 saturated carbocycles. The number of aliphatic imine (C=N–C) groups is 2. The molecule has 0 heterocycles. The Balaban J connectivity index is 1.32. The van der Waals surface area contributed by atoms with E-state index in [0.29, 0.717) is 10.3 Å². The molecule has 0 spiro atoms. The van der Waals surface area contributed by atoms with Gasteiger partial charge in [-0.3, -0.25) is 0 Å². The molecule has 7 heteroatoms. The summed E-state index contributed by atoms with van der Waals surface area (Å²) in [5, 5.41) is 7.34. The van der Waals surface area contributed by atoms with E-state index in [4.69, 9.17) is 4.74 Å². The molecule has 0 amide bonds. The second-order valence-corrected chi connectivity index (χ2v) is 7.79. The predicted molar refractivity (Wildman–Crippen MR) is 145 cm³/mol. The molecule has 0 radical (unpaired) electrons. The molecule has 164 valence electrons. The van der Waals surface area contributed by atoms with E-state index in [0.717, 1.165) is 34.2 Å². The number of ether oxygens (including phenoxy) is 1. The van der Waals surface area contributed by atoms with Crippen molar-refractivity contribution in [3.8, 4) is 11.5 Å². The zero-order valence-corrected chi connectivity index (χ0v) is 19.4. The monoisotopic (exact) mass is 470 g/mol. The van der Waals surface area contributed by atoms with Gasteiger partial charge in [-0.15, -0.1) is 25.3 Å². The smallest absolute Gasteiger partial charge is 0.163 e. The van der Waals surface area contributed by atoms with Crippen molar-refractivity contribution < 1.29 is 4.74 Å². The molecule has 0 aliphatic rings. The van der Waals surface area contributed by atoms with Crippen molar-refractivity contribution in [2.45, 2.75) is 0 Å². The maximum absolute atomic E-state index is 5.94. The molecule has 2 N–H and O–H groups in total. The van der Waals surface area contributed by atoms with E-state index in [-0.39, 0.29) is 0 Å². The van der Waals surface area contributed by atoms with Gasteiger partial charge in [0.1, 0.15) is 11.5 Å². The lowest BCUT2D eigenvalue weighted by atomic mass is 10.3. The van der Waals surface area contributed by atoms with Gasteiger partial charge in [0.15, 0.2) is 10.3 Å². The summed E-state index contributed by atoms with van der Waals surface area (Å²) in [5.41, 5.74) is 3.41. The van der Waals surface area contributed by atoms with Crippen LogP contribution in [0.4, 0.5) is 22.7 Å². The number of rotatable bonds is 6. The fraction of sp³-hybridized carbons (Fsp3) is 0. The average Bonchev–Trinajstić information content (AvgIpc) is 2.83. The van der Waals surface area contributed by atoms with Crippen molar-refractivity contribution >= 4 is 58.3 Å². The normalized spacial score (nSPS) is 11.7. The average molecular weight is 471 g/mol. The molecular weight excluding hydrogens is 448 g/mol. The van der Waals surface area contributed by atoms with Crippen molar-refractivity contribution in [1.82, 2.24) is 0 Å².